The molecule has 0 radical (unpaired) electrons. The first-order valence-corrected chi connectivity index (χ1v) is 7.97. The van der Waals surface area contributed by atoms with E-state index in [0.717, 1.165) is 18.7 Å². The fourth-order valence-electron chi connectivity index (χ4n) is 2.59. The number of halogens is 2. The SMILES string of the molecule is Cc1cc(NC(=O)NC2CCN(c3ccc(Cl)cc3Cl)C2)on1. The average molecular weight is 355 g/mol. The predicted molar refractivity (Wildman–Crippen MR) is 90.5 cm³/mol. The number of anilines is 2. The van der Waals surface area contributed by atoms with Crippen molar-refractivity contribution in [3.05, 3.63) is 40.0 Å². The maximum atomic E-state index is 12.0. The van der Waals surface area contributed by atoms with Crippen molar-refractivity contribution in [1.82, 2.24) is 10.5 Å². The van der Waals surface area contributed by atoms with Crippen LogP contribution in [0.4, 0.5) is 16.4 Å². The summed E-state index contributed by atoms with van der Waals surface area (Å²) < 4.78 is 4.95. The molecule has 1 aliphatic heterocycles. The summed E-state index contributed by atoms with van der Waals surface area (Å²) in [6.07, 6.45) is 0.835. The Morgan fingerprint density at radius 1 is 1.39 bits per heavy atom. The van der Waals surface area contributed by atoms with Gasteiger partial charge in [-0.2, -0.15) is 0 Å². The minimum Gasteiger partial charge on any atom is -0.368 e. The molecule has 2 aromatic rings. The van der Waals surface area contributed by atoms with Crippen molar-refractivity contribution in [2.75, 3.05) is 23.3 Å². The van der Waals surface area contributed by atoms with Crippen molar-refractivity contribution < 1.29 is 9.32 Å². The van der Waals surface area contributed by atoms with Crippen molar-refractivity contribution in [2.24, 2.45) is 0 Å². The Morgan fingerprint density at radius 2 is 2.22 bits per heavy atom. The highest BCUT2D eigenvalue weighted by Crippen LogP contribution is 2.31. The summed E-state index contributed by atoms with van der Waals surface area (Å²) in [5, 5.41) is 10.5. The Morgan fingerprint density at radius 3 is 2.91 bits per heavy atom. The third-order valence-corrected chi connectivity index (χ3v) is 4.18. The molecule has 0 aliphatic carbocycles. The number of carbonyl (C=O) groups is 1. The van der Waals surface area contributed by atoms with E-state index in [9.17, 15) is 4.79 Å². The lowest BCUT2D eigenvalue weighted by Gasteiger charge is -2.20. The van der Waals surface area contributed by atoms with Crippen LogP contribution in [0.5, 0.6) is 0 Å². The van der Waals surface area contributed by atoms with Crippen LogP contribution >= 0.6 is 23.2 Å². The number of amides is 2. The van der Waals surface area contributed by atoms with E-state index in [-0.39, 0.29) is 12.1 Å². The van der Waals surface area contributed by atoms with Gasteiger partial charge in [0, 0.05) is 30.2 Å². The average Bonchev–Trinajstić information content (AvgIpc) is 3.08. The molecule has 1 unspecified atom stereocenters. The molecular weight excluding hydrogens is 339 g/mol. The molecule has 0 bridgehead atoms. The summed E-state index contributed by atoms with van der Waals surface area (Å²) >= 11 is 12.1. The highest BCUT2D eigenvalue weighted by atomic mass is 35.5. The number of benzene rings is 1. The highest BCUT2D eigenvalue weighted by Gasteiger charge is 2.25. The van der Waals surface area contributed by atoms with Gasteiger partial charge < -0.3 is 14.7 Å². The van der Waals surface area contributed by atoms with Gasteiger partial charge in [0.05, 0.1) is 16.4 Å². The first-order chi connectivity index (χ1) is 11.0. The molecule has 1 saturated heterocycles. The maximum absolute atomic E-state index is 12.0. The zero-order valence-corrected chi connectivity index (χ0v) is 14.0. The fourth-order valence-corrected chi connectivity index (χ4v) is 3.12. The van der Waals surface area contributed by atoms with Crippen molar-refractivity contribution in [2.45, 2.75) is 19.4 Å². The van der Waals surface area contributed by atoms with Gasteiger partial charge in [-0.05, 0) is 31.5 Å². The van der Waals surface area contributed by atoms with Crippen molar-refractivity contribution >= 4 is 40.8 Å². The lowest BCUT2D eigenvalue weighted by atomic mass is 10.3. The predicted octanol–water partition coefficient (Wildman–Crippen LogP) is 3.69. The van der Waals surface area contributed by atoms with E-state index in [2.05, 4.69) is 20.7 Å². The number of rotatable bonds is 3. The molecule has 0 saturated carbocycles. The summed E-state index contributed by atoms with van der Waals surface area (Å²) in [7, 11) is 0. The van der Waals surface area contributed by atoms with Crippen molar-refractivity contribution in [3.8, 4) is 0 Å². The third kappa shape index (κ3) is 3.89. The van der Waals surface area contributed by atoms with E-state index in [1.165, 1.54) is 0 Å². The van der Waals surface area contributed by atoms with Gasteiger partial charge in [-0.25, -0.2) is 4.79 Å². The normalized spacial score (nSPS) is 17.3. The first kappa shape index (κ1) is 16.0. The number of carbonyl (C=O) groups excluding carboxylic acids is 1. The standard InChI is InChI=1S/C15H16Cl2N4O2/c1-9-6-14(23-20-9)19-15(22)18-11-4-5-21(8-11)13-3-2-10(16)7-12(13)17/h2-3,6-7,11H,4-5,8H2,1H3,(H2,18,19,22). The Labute approximate surface area is 143 Å². The second kappa shape index (κ2) is 6.68. The van der Waals surface area contributed by atoms with Gasteiger partial charge in [0.1, 0.15) is 0 Å². The van der Waals surface area contributed by atoms with Gasteiger partial charge in [-0.1, -0.05) is 28.4 Å². The maximum Gasteiger partial charge on any atom is 0.321 e. The summed E-state index contributed by atoms with van der Waals surface area (Å²) in [5.41, 5.74) is 1.64. The van der Waals surface area contributed by atoms with E-state index in [0.29, 0.717) is 28.2 Å². The molecule has 1 fully saturated rings. The molecule has 2 amide bonds. The van der Waals surface area contributed by atoms with Crippen molar-refractivity contribution in [3.63, 3.8) is 0 Å². The second-order valence-electron chi connectivity index (χ2n) is 5.46. The molecule has 0 spiro atoms. The molecule has 2 heterocycles. The second-order valence-corrected chi connectivity index (χ2v) is 6.30. The molecule has 23 heavy (non-hydrogen) atoms. The zero-order valence-electron chi connectivity index (χ0n) is 12.5. The lowest BCUT2D eigenvalue weighted by molar-refractivity contribution is 0.248. The van der Waals surface area contributed by atoms with Gasteiger partial charge in [-0.15, -0.1) is 0 Å². The number of nitrogens with one attached hydrogen (secondary N) is 2. The Bertz CT molecular complexity index is 719. The monoisotopic (exact) mass is 354 g/mol. The van der Waals surface area contributed by atoms with Crippen LogP contribution in [0.2, 0.25) is 10.0 Å². The molecule has 1 aromatic carbocycles. The van der Waals surface area contributed by atoms with Crippen LogP contribution in [0, 0.1) is 6.92 Å². The largest absolute Gasteiger partial charge is 0.368 e. The van der Waals surface area contributed by atoms with E-state index in [1.54, 1.807) is 19.1 Å². The minimum absolute atomic E-state index is 0.0331. The summed E-state index contributed by atoms with van der Waals surface area (Å²) in [6.45, 7) is 3.29. The van der Waals surface area contributed by atoms with Crippen LogP contribution in [0.15, 0.2) is 28.8 Å². The van der Waals surface area contributed by atoms with Crippen LogP contribution in [0.25, 0.3) is 0 Å². The molecule has 3 rings (SSSR count). The van der Waals surface area contributed by atoms with Crippen LogP contribution in [-0.4, -0.2) is 30.3 Å². The molecule has 1 aliphatic rings. The third-order valence-electron chi connectivity index (χ3n) is 3.64. The molecule has 1 aromatic heterocycles. The molecule has 6 nitrogen and oxygen atoms in total. The summed E-state index contributed by atoms with van der Waals surface area (Å²) in [5.74, 6) is 0.329. The van der Waals surface area contributed by atoms with E-state index >= 15 is 0 Å². The van der Waals surface area contributed by atoms with Crippen LogP contribution in [0.1, 0.15) is 12.1 Å². The van der Waals surface area contributed by atoms with Gasteiger partial charge in [0.15, 0.2) is 0 Å². The van der Waals surface area contributed by atoms with E-state index < -0.39 is 0 Å². The molecule has 2 N–H and O–H groups in total. The number of aromatic nitrogens is 1. The first-order valence-electron chi connectivity index (χ1n) is 7.22. The lowest BCUT2D eigenvalue weighted by Crippen LogP contribution is -2.39. The number of aryl methyl sites for hydroxylation is 1. The Balaban J connectivity index is 1.56. The van der Waals surface area contributed by atoms with Gasteiger partial charge in [0.2, 0.25) is 5.88 Å². The number of nitrogens with zero attached hydrogens (tertiary/aromatic N) is 2. The summed E-state index contributed by atoms with van der Waals surface area (Å²) in [4.78, 5) is 14.1. The smallest absolute Gasteiger partial charge is 0.321 e. The van der Waals surface area contributed by atoms with Gasteiger partial charge in [0.25, 0.3) is 0 Å². The van der Waals surface area contributed by atoms with E-state index in [4.69, 9.17) is 27.7 Å². The highest BCUT2D eigenvalue weighted by molar-refractivity contribution is 6.36. The molecular formula is C15H16Cl2N4O2. The summed E-state index contributed by atoms with van der Waals surface area (Å²) in [6, 6.07) is 6.81. The molecule has 1 atom stereocenters. The number of urea groups is 1. The zero-order chi connectivity index (χ0) is 16.4. The molecule has 122 valence electrons. The number of hydrogen-bond acceptors (Lipinski definition) is 4. The minimum atomic E-state index is -0.310. The fraction of sp³-hybridized carbons (Fsp3) is 0.333. The molecule has 8 heteroatoms. The van der Waals surface area contributed by atoms with Crippen LogP contribution in [0.3, 0.4) is 0 Å². The van der Waals surface area contributed by atoms with E-state index in [1.807, 2.05) is 12.1 Å². The Kier molecular flexibility index (Phi) is 4.63. The topological polar surface area (TPSA) is 70.4 Å². The van der Waals surface area contributed by atoms with Gasteiger partial charge >= 0.3 is 6.03 Å². The quantitative estimate of drug-likeness (QED) is 0.881. The Hall–Kier alpha value is -1.92. The number of hydrogen-bond donors (Lipinski definition) is 2. The van der Waals surface area contributed by atoms with Crippen molar-refractivity contribution in [1.29, 1.82) is 0 Å². The van der Waals surface area contributed by atoms with Crippen LogP contribution in [-0.2, 0) is 0 Å². The van der Waals surface area contributed by atoms with Gasteiger partial charge in [-0.3, -0.25) is 5.32 Å². The van der Waals surface area contributed by atoms with Crippen LogP contribution < -0.4 is 15.5 Å².